The lowest BCUT2D eigenvalue weighted by Crippen LogP contribution is -2.54. The zero-order valence-electron chi connectivity index (χ0n) is 32.3. The molecule has 2 aromatic carbocycles. The van der Waals surface area contributed by atoms with Gasteiger partial charge in [0.15, 0.2) is 0 Å². The van der Waals surface area contributed by atoms with E-state index in [-0.39, 0.29) is 48.7 Å². The van der Waals surface area contributed by atoms with Gasteiger partial charge in [0.05, 0.1) is 54.7 Å². The van der Waals surface area contributed by atoms with Gasteiger partial charge < -0.3 is 25.2 Å². The lowest BCUT2D eigenvalue weighted by Gasteiger charge is -2.36. The van der Waals surface area contributed by atoms with Crippen LogP contribution in [0.1, 0.15) is 75.3 Å². The first kappa shape index (κ1) is 43.5. The Morgan fingerprint density at radius 3 is 2.28 bits per heavy atom. The molecule has 3 atom stereocenters. The highest BCUT2D eigenvalue weighted by Gasteiger charge is 2.39. The maximum Gasteiger partial charge on any atom is 0.271 e. The van der Waals surface area contributed by atoms with Crippen LogP contribution in [0.15, 0.2) is 54.0 Å². The minimum absolute atomic E-state index is 0.133. The van der Waals surface area contributed by atoms with Crippen molar-refractivity contribution in [3.63, 3.8) is 0 Å². The summed E-state index contributed by atoms with van der Waals surface area (Å²) in [6.07, 6.45) is 2.07. The van der Waals surface area contributed by atoms with Gasteiger partial charge in [-0.05, 0) is 61.6 Å². The number of aliphatic hydroxyl groups is 1. The van der Waals surface area contributed by atoms with Crippen molar-refractivity contribution < 1.29 is 36.8 Å². The predicted octanol–water partition coefficient (Wildman–Crippen LogP) is 5.15. The fourth-order valence-electron chi connectivity index (χ4n) is 6.14. The molecular formula is C40H58N4O8S2. The second-order valence-electron chi connectivity index (χ2n) is 15.1. The Hall–Kier alpha value is -3.24. The number of thiazole rings is 1. The molecule has 0 aliphatic carbocycles. The Kier molecular flexibility index (Phi) is 17.0. The van der Waals surface area contributed by atoms with Gasteiger partial charge in [-0.25, -0.2) is 4.98 Å². The number of ether oxygens (including phenoxy) is 2. The highest BCUT2D eigenvalue weighted by molar-refractivity contribution is 7.85. The molecule has 12 nitrogen and oxygen atoms in total. The van der Waals surface area contributed by atoms with Gasteiger partial charge in [0, 0.05) is 38.7 Å². The maximum absolute atomic E-state index is 13.3. The number of unbranched alkanes of at least 4 members (excludes halogenated alkanes) is 2. The Labute approximate surface area is 325 Å². The first-order chi connectivity index (χ1) is 25.7. The zero-order chi connectivity index (χ0) is 39.1. The van der Waals surface area contributed by atoms with Crippen molar-refractivity contribution in [3.05, 3.63) is 76.4 Å². The summed E-state index contributed by atoms with van der Waals surface area (Å²) in [5.41, 5.74) is 6.40. The van der Waals surface area contributed by atoms with Crippen LogP contribution in [0.4, 0.5) is 0 Å². The van der Waals surface area contributed by atoms with Crippen LogP contribution >= 0.6 is 11.3 Å². The quantitative estimate of drug-likeness (QED) is 0.0920. The third-order valence-corrected chi connectivity index (χ3v) is 11.6. The summed E-state index contributed by atoms with van der Waals surface area (Å²) >= 11 is 1.60. The van der Waals surface area contributed by atoms with Crippen molar-refractivity contribution in [2.75, 3.05) is 46.1 Å². The van der Waals surface area contributed by atoms with Gasteiger partial charge in [-0.15, -0.1) is 11.3 Å². The minimum atomic E-state index is -3.61. The number of nitrogens with one attached hydrogen (secondary N) is 2. The standard InChI is InChI=1S/C40H58N4O8S2/c1-29-9-11-32(12-10-29)27-54(48,49)52-19-8-6-7-18-50-21-22-51-20-17-37(46)43-36(40(3,4)5)26-44-25-34(45)23-35(44)39(47)41-24-31-13-15-33(16-14-31)38-30(2)42-28-53-38/h9-16,28,34-36,45H,6-8,17-27H2,1-5H3,(H,41,47)(H,43,46)/t34-,35+,36?/m1/s1. The molecule has 2 heterocycles. The van der Waals surface area contributed by atoms with Crippen LogP contribution in [0.2, 0.25) is 0 Å². The highest BCUT2D eigenvalue weighted by atomic mass is 32.2. The topological polar surface area (TPSA) is 156 Å². The van der Waals surface area contributed by atoms with Gasteiger partial charge in [-0.3, -0.25) is 18.7 Å². The summed E-state index contributed by atoms with van der Waals surface area (Å²) in [6.45, 7) is 12.9. The molecule has 1 aliphatic rings. The second kappa shape index (κ2) is 21.2. The molecule has 1 unspecified atom stereocenters. The van der Waals surface area contributed by atoms with E-state index in [0.29, 0.717) is 57.9 Å². The molecule has 0 spiro atoms. The number of carbonyl (C=O) groups excluding carboxylic acids is 2. The van der Waals surface area contributed by atoms with Gasteiger partial charge in [0.25, 0.3) is 10.1 Å². The molecule has 298 valence electrons. The van der Waals surface area contributed by atoms with Gasteiger partial charge >= 0.3 is 0 Å². The van der Waals surface area contributed by atoms with Crippen LogP contribution in [0, 0.1) is 19.3 Å². The van der Waals surface area contributed by atoms with Crippen molar-refractivity contribution >= 4 is 33.3 Å². The van der Waals surface area contributed by atoms with E-state index in [2.05, 4.69) is 15.6 Å². The summed E-state index contributed by atoms with van der Waals surface area (Å²) in [7, 11) is -3.61. The number of aliphatic hydroxyl groups excluding tert-OH is 1. The summed E-state index contributed by atoms with van der Waals surface area (Å²) in [5.74, 6) is -0.416. The average molecular weight is 787 g/mol. The van der Waals surface area contributed by atoms with Crippen LogP contribution in [0.5, 0.6) is 0 Å². The molecule has 4 rings (SSSR count). The normalized spacial score (nSPS) is 17.1. The number of hydrogen-bond donors (Lipinski definition) is 3. The molecule has 1 aromatic heterocycles. The number of β-amino-alcohol motifs (C(OH)–C–C–N with tert-alkyl or cyclic N) is 1. The number of carbonyl (C=O) groups is 2. The molecule has 1 aliphatic heterocycles. The SMILES string of the molecule is Cc1ccc(CS(=O)(=O)OCCCCCOCCOCCC(=O)NC(CN2C[C@H](O)C[C@H]2C(=O)NCc2ccc(-c3scnc3C)cc2)C(C)(C)C)cc1. The minimum Gasteiger partial charge on any atom is -0.392 e. The smallest absolute Gasteiger partial charge is 0.271 e. The number of nitrogens with zero attached hydrogens (tertiary/aromatic N) is 2. The van der Waals surface area contributed by atoms with Gasteiger partial charge in [-0.1, -0.05) is 74.9 Å². The van der Waals surface area contributed by atoms with E-state index in [1.807, 2.05) is 81.4 Å². The molecule has 1 fully saturated rings. The molecule has 3 N–H and O–H groups in total. The van der Waals surface area contributed by atoms with Crippen molar-refractivity contribution in [1.82, 2.24) is 20.5 Å². The fourth-order valence-corrected chi connectivity index (χ4v) is 8.00. The maximum atomic E-state index is 13.3. The van der Waals surface area contributed by atoms with E-state index in [9.17, 15) is 23.1 Å². The number of aryl methyl sites for hydroxylation is 2. The Bertz CT molecular complexity index is 1710. The van der Waals surface area contributed by atoms with E-state index in [4.69, 9.17) is 13.7 Å². The summed E-state index contributed by atoms with van der Waals surface area (Å²) in [4.78, 5) is 33.7. The summed E-state index contributed by atoms with van der Waals surface area (Å²) < 4.78 is 40.7. The van der Waals surface area contributed by atoms with Crippen LogP contribution in [0.25, 0.3) is 10.4 Å². The average Bonchev–Trinajstić information content (AvgIpc) is 3.72. The largest absolute Gasteiger partial charge is 0.392 e. The molecule has 3 aromatic rings. The molecule has 14 heteroatoms. The Morgan fingerprint density at radius 2 is 1.61 bits per heavy atom. The highest BCUT2D eigenvalue weighted by Crippen LogP contribution is 2.28. The Balaban J connectivity index is 1.08. The van der Waals surface area contributed by atoms with E-state index < -0.39 is 22.3 Å². The number of hydrogen-bond acceptors (Lipinski definition) is 11. The molecule has 0 bridgehead atoms. The fraction of sp³-hybridized carbons (Fsp3) is 0.575. The number of likely N-dealkylation sites (tertiary alicyclic amines) is 1. The molecular weight excluding hydrogens is 729 g/mol. The first-order valence-corrected chi connectivity index (χ1v) is 21.2. The lowest BCUT2D eigenvalue weighted by molar-refractivity contribution is -0.126. The van der Waals surface area contributed by atoms with Crippen LogP contribution in [-0.4, -0.2) is 99.5 Å². The van der Waals surface area contributed by atoms with Gasteiger partial charge in [-0.2, -0.15) is 8.42 Å². The molecule has 1 saturated heterocycles. The lowest BCUT2D eigenvalue weighted by atomic mass is 9.86. The van der Waals surface area contributed by atoms with Crippen LogP contribution in [-0.2, 0) is 45.7 Å². The van der Waals surface area contributed by atoms with E-state index in [1.54, 1.807) is 23.5 Å². The third-order valence-electron chi connectivity index (χ3n) is 9.42. The number of amides is 2. The predicted molar refractivity (Wildman–Crippen MR) is 211 cm³/mol. The summed E-state index contributed by atoms with van der Waals surface area (Å²) in [6, 6.07) is 14.7. The number of rotatable bonds is 22. The van der Waals surface area contributed by atoms with Crippen molar-refractivity contribution in [2.45, 2.75) is 97.2 Å². The van der Waals surface area contributed by atoms with Gasteiger partial charge in [0.1, 0.15) is 5.75 Å². The van der Waals surface area contributed by atoms with E-state index in [0.717, 1.165) is 40.1 Å². The zero-order valence-corrected chi connectivity index (χ0v) is 34.0. The molecule has 2 amide bonds. The molecule has 54 heavy (non-hydrogen) atoms. The third kappa shape index (κ3) is 14.8. The van der Waals surface area contributed by atoms with E-state index in [1.165, 1.54) is 0 Å². The monoisotopic (exact) mass is 786 g/mol. The first-order valence-electron chi connectivity index (χ1n) is 18.8. The van der Waals surface area contributed by atoms with E-state index >= 15 is 0 Å². The van der Waals surface area contributed by atoms with Crippen molar-refractivity contribution in [3.8, 4) is 10.4 Å². The van der Waals surface area contributed by atoms with Crippen molar-refractivity contribution in [1.29, 1.82) is 0 Å². The number of benzene rings is 2. The van der Waals surface area contributed by atoms with Crippen LogP contribution in [0.3, 0.4) is 0 Å². The number of aromatic nitrogens is 1. The van der Waals surface area contributed by atoms with Crippen molar-refractivity contribution in [2.24, 2.45) is 5.41 Å². The Morgan fingerprint density at radius 1 is 0.944 bits per heavy atom. The second-order valence-corrected chi connectivity index (χ2v) is 17.6. The molecule has 0 saturated carbocycles. The van der Waals surface area contributed by atoms with Crippen LogP contribution < -0.4 is 10.6 Å². The summed E-state index contributed by atoms with van der Waals surface area (Å²) in [5, 5.41) is 16.7. The molecule has 0 radical (unpaired) electrons. The van der Waals surface area contributed by atoms with Gasteiger partial charge in [0.2, 0.25) is 11.8 Å².